The summed E-state index contributed by atoms with van der Waals surface area (Å²) in [5.41, 5.74) is 5.91. The monoisotopic (exact) mass is 306 g/mol. The molecule has 1 amide bonds. The first-order chi connectivity index (χ1) is 6.66. The molecule has 1 aromatic rings. The maximum atomic E-state index is 11.8. The highest BCUT2D eigenvalue weighted by Gasteiger charge is 2.25. The van der Waals surface area contributed by atoms with Crippen LogP contribution in [0.15, 0.2) is 6.07 Å². The van der Waals surface area contributed by atoms with Crippen molar-refractivity contribution in [3.05, 3.63) is 11.8 Å². The molecular formula is C8H11IN4O. The van der Waals surface area contributed by atoms with Gasteiger partial charge in [0.15, 0.2) is 0 Å². The Bertz CT molecular complexity index is 351. The molecule has 1 aromatic heterocycles. The van der Waals surface area contributed by atoms with E-state index in [1.165, 1.54) is 0 Å². The van der Waals surface area contributed by atoms with Crippen molar-refractivity contribution in [2.45, 2.75) is 10.3 Å². The second-order valence-corrected chi connectivity index (χ2v) is 5.11. The first-order valence-electron chi connectivity index (χ1n) is 4.41. The van der Waals surface area contributed by atoms with Gasteiger partial charge in [-0.2, -0.15) is 5.10 Å². The minimum atomic E-state index is -0.00614. The summed E-state index contributed by atoms with van der Waals surface area (Å²) in [7, 11) is 0. The second-order valence-electron chi connectivity index (χ2n) is 3.34. The van der Waals surface area contributed by atoms with E-state index in [9.17, 15) is 4.79 Å². The van der Waals surface area contributed by atoms with Gasteiger partial charge in [-0.25, -0.2) is 0 Å². The van der Waals surface area contributed by atoms with Crippen molar-refractivity contribution < 1.29 is 4.79 Å². The van der Waals surface area contributed by atoms with Gasteiger partial charge in [0.05, 0.1) is 0 Å². The molecule has 5 nitrogen and oxygen atoms in total. The van der Waals surface area contributed by atoms with Gasteiger partial charge in [-0.3, -0.25) is 9.89 Å². The van der Waals surface area contributed by atoms with Gasteiger partial charge in [-0.15, -0.1) is 0 Å². The number of likely N-dealkylation sites (tertiary alicyclic amines) is 1. The molecule has 0 aromatic carbocycles. The van der Waals surface area contributed by atoms with Gasteiger partial charge in [-0.05, 0) is 6.42 Å². The number of hydrogen-bond acceptors (Lipinski definition) is 3. The number of nitrogens with two attached hydrogens (primary N) is 1. The topological polar surface area (TPSA) is 75.0 Å². The van der Waals surface area contributed by atoms with Crippen LogP contribution in [0.3, 0.4) is 0 Å². The summed E-state index contributed by atoms with van der Waals surface area (Å²) in [6, 6.07) is 1.57. The number of H-pyrrole nitrogens is 1. The fourth-order valence-corrected chi connectivity index (χ4v) is 2.27. The van der Waals surface area contributed by atoms with Gasteiger partial charge < -0.3 is 10.6 Å². The number of carbonyl (C=O) groups is 1. The Morgan fingerprint density at radius 3 is 3.07 bits per heavy atom. The van der Waals surface area contributed by atoms with Crippen molar-refractivity contribution in [1.29, 1.82) is 0 Å². The summed E-state index contributed by atoms with van der Waals surface area (Å²) in [5, 5.41) is 6.36. The minimum absolute atomic E-state index is 0.00614. The average molecular weight is 306 g/mol. The van der Waals surface area contributed by atoms with Crippen LogP contribution in [0.1, 0.15) is 16.9 Å². The molecule has 1 atom stereocenters. The molecule has 76 valence electrons. The van der Waals surface area contributed by atoms with Crippen molar-refractivity contribution in [2.75, 3.05) is 18.8 Å². The number of nitrogen functional groups attached to an aromatic ring is 1. The van der Waals surface area contributed by atoms with E-state index in [1.807, 2.05) is 4.90 Å². The molecule has 1 fully saturated rings. The Labute approximate surface area is 95.2 Å². The number of carbonyl (C=O) groups excluding carboxylic acids is 1. The van der Waals surface area contributed by atoms with Crippen LogP contribution in [0.5, 0.6) is 0 Å². The molecule has 1 unspecified atom stereocenters. The van der Waals surface area contributed by atoms with Gasteiger partial charge >= 0.3 is 0 Å². The first kappa shape index (κ1) is 9.75. The van der Waals surface area contributed by atoms with Crippen molar-refractivity contribution in [3.8, 4) is 0 Å². The van der Waals surface area contributed by atoms with E-state index in [0.717, 1.165) is 19.5 Å². The number of hydrogen-bond donors (Lipinski definition) is 2. The van der Waals surface area contributed by atoms with Crippen LogP contribution in [0, 0.1) is 0 Å². The van der Waals surface area contributed by atoms with Crippen molar-refractivity contribution in [3.63, 3.8) is 0 Å². The zero-order valence-corrected chi connectivity index (χ0v) is 9.69. The third kappa shape index (κ3) is 1.84. The summed E-state index contributed by atoms with van der Waals surface area (Å²) in [6.07, 6.45) is 1.07. The molecule has 0 spiro atoms. The highest BCUT2D eigenvalue weighted by Crippen LogP contribution is 2.19. The standard InChI is InChI=1S/C8H11IN4O/c9-5-1-2-13(4-5)8(14)6-3-7(10)12-11-6/h3,5H,1-2,4H2,(H3,10,11,12). The second kappa shape index (κ2) is 3.76. The van der Waals surface area contributed by atoms with Crippen molar-refractivity contribution in [1.82, 2.24) is 15.1 Å². The average Bonchev–Trinajstić information content (AvgIpc) is 2.73. The largest absolute Gasteiger partial charge is 0.382 e. The molecule has 2 heterocycles. The zero-order valence-electron chi connectivity index (χ0n) is 7.53. The minimum Gasteiger partial charge on any atom is -0.382 e. The van der Waals surface area contributed by atoms with Gasteiger partial charge in [0.1, 0.15) is 11.5 Å². The molecule has 0 aliphatic carbocycles. The van der Waals surface area contributed by atoms with Crippen molar-refractivity contribution in [2.24, 2.45) is 0 Å². The molecule has 6 heteroatoms. The Morgan fingerprint density at radius 1 is 1.79 bits per heavy atom. The molecule has 3 N–H and O–H groups in total. The first-order valence-corrected chi connectivity index (χ1v) is 5.65. The summed E-state index contributed by atoms with van der Waals surface area (Å²) in [6.45, 7) is 1.64. The Hall–Kier alpha value is -0.790. The van der Waals surface area contributed by atoms with E-state index in [2.05, 4.69) is 32.8 Å². The smallest absolute Gasteiger partial charge is 0.271 e. The van der Waals surface area contributed by atoms with Gasteiger partial charge in [0.2, 0.25) is 0 Å². The fraction of sp³-hybridized carbons (Fsp3) is 0.500. The van der Waals surface area contributed by atoms with Gasteiger partial charge in [0.25, 0.3) is 5.91 Å². The van der Waals surface area contributed by atoms with Gasteiger partial charge in [0, 0.05) is 23.1 Å². The molecule has 1 aliphatic rings. The van der Waals surface area contributed by atoms with E-state index >= 15 is 0 Å². The lowest BCUT2D eigenvalue weighted by Crippen LogP contribution is -2.29. The summed E-state index contributed by atoms with van der Waals surface area (Å²) in [4.78, 5) is 13.6. The Kier molecular flexibility index (Phi) is 2.62. The Morgan fingerprint density at radius 2 is 2.57 bits per heavy atom. The predicted molar refractivity (Wildman–Crippen MR) is 61.3 cm³/mol. The number of alkyl halides is 1. The molecule has 14 heavy (non-hydrogen) atoms. The predicted octanol–water partition coefficient (Wildman–Crippen LogP) is 0.641. The van der Waals surface area contributed by atoms with Crippen LogP contribution >= 0.6 is 22.6 Å². The number of nitrogens with zero attached hydrogens (tertiary/aromatic N) is 2. The normalized spacial score (nSPS) is 21.5. The van der Waals surface area contributed by atoms with Crippen LogP contribution < -0.4 is 5.73 Å². The molecule has 1 saturated heterocycles. The molecule has 2 rings (SSSR count). The maximum absolute atomic E-state index is 11.8. The quantitative estimate of drug-likeness (QED) is 0.591. The summed E-state index contributed by atoms with van der Waals surface area (Å²) >= 11 is 2.36. The SMILES string of the molecule is Nc1cc(C(=O)N2CCC(I)C2)[nH]n1. The zero-order chi connectivity index (χ0) is 10.1. The third-order valence-electron chi connectivity index (χ3n) is 2.25. The highest BCUT2D eigenvalue weighted by molar-refractivity contribution is 14.1. The van der Waals surface area contributed by atoms with E-state index in [0.29, 0.717) is 15.4 Å². The van der Waals surface area contributed by atoms with Crippen LogP contribution in [0.2, 0.25) is 0 Å². The van der Waals surface area contributed by atoms with Crippen molar-refractivity contribution >= 4 is 34.3 Å². The van der Waals surface area contributed by atoms with E-state index in [-0.39, 0.29) is 5.91 Å². The molecule has 1 aliphatic heterocycles. The summed E-state index contributed by atoms with van der Waals surface area (Å²) < 4.78 is 0.566. The molecule has 0 bridgehead atoms. The number of halogens is 1. The number of nitrogens with one attached hydrogen (secondary N) is 1. The molecule has 0 radical (unpaired) electrons. The number of aromatic amines is 1. The Balaban J connectivity index is 2.09. The van der Waals surface area contributed by atoms with Gasteiger partial charge in [-0.1, -0.05) is 22.6 Å². The van der Waals surface area contributed by atoms with E-state index in [1.54, 1.807) is 6.07 Å². The van der Waals surface area contributed by atoms with Crippen LogP contribution in [-0.4, -0.2) is 38.0 Å². The third-order valence-corrected chi connectivity index (χ3v) is 3.26. The number of amides is 1. The lowest BCUT2D eigenvalue weighted by molar-refractivity contribution is 0.0788. The maximum Gasteiger partial charge on any atom is 0.271 e. The molecular weight excluding hydrogens is 295 g/mol. The van der Waals surface area contributed by atoms with Crippen LogP contribution in [0.25, 0.3) is 0 Å². The number of aromatic nitrogens is 2. The van der Waals surface area contributed by atoms with E-state index in [4.69, 9.17) is 5.73 Å². The fourth-order valence-electron chi connectivity index (χ4n) is 1.52. The van der Waals surface area contributed by atoms with E-state index < -0.39 is 0 Å². The number of anilines is 1. The molecule has 0 saturated carbocycles. The lowest BCUT2D eigenvalue weighted by atomic mass is 10.3. The lowest BCUT2D eigenvalue weighted by Gasteiger charge is -2.13. The highest BCUT2D eigenvalue weighted by atomic mass is 127. The number of rotatable bonds is 1. The van der Waals surface area contributed by atoms with Crippen LogP contribution in [0.4, 0.5) is 5.82 Å². The summed E-state index contributed by atoms with van der Waals surface area (Å²) in [5.74, 6) is 0.354. The van der Waals surface area contributed by atoms with Crippen LogP contribution in [-0.2, 0) is 0 Å².